The summed E-state index contributed by atoms with van der Waals surface area (Å²) >= 11 is 0. The van der Waals surface area contributed by atoms with Crippen LogP contribution in [0.4, 0.5) is 13.2 Å². The molecule has 1 saturated heterocycles. The SMILES string of the molecule is Cl.O=C(NCCc1cccc(C(F)(F)F)c1)C1CNCCO1. The third-order valence-electron chi connectivity index (χ3n) is 3.19. The van der Waals surface area contributed by atoms with Crippen LogP contribution in [0.1, 0.15) is 11.1 Å². The minimum atomic E-state index is -4.35. The molecule has 124 valence electrons. The Kier molecular flexibility index (Phi) is 7.12. The Hall–Kier alpha value is -1.31. The summed E-state index contributed by atoms with van der Waals surface area (Å²) in [5.41, 5.74) is -0.140. The number of hydrogen-bond donors (Lipinski definition) is 2. The first-order valence-corrected chi connectivity index (χ1v) is 6.73. The largest absolute Gasteiger partial charge is 0.416 e. The van der Waals surface area contributed by atoms with Crippen molar-refractivity contribution in [3.63, 3.8) is 0 Å². The van der Waals surface area contributed by atoms with E-state index < -0.39 is 17.8 Å². The number of benzene rings is 1. The molecule has 1 aromatic rings. The molecule has 2 N–H and O–H groups in total. The Morgan fingerprint density at radius 3 is 2.82 bits per heavy atom. The fraction of sp³-hybridized carbons (Fsp3) is 0.500. The molecular formula is C14H18ClF3N2O2. The molecule has 1 aliphatic rings. The summed E-state index contributed by atoms with van der Waals surface area (Å²) in [5, 5.41) is 5.71. The van der Waals surface area contributed by atoms with Gasteiger partial charge >= 0.3 is 6.18 Å². The smallest absolute Gasteiger partial charge is 0.366 e. The van der Waals surface area contributed by atoms with Crippen molar-refractivity contribution in [2.45, 2.75) is 18.7 Å². The Morgan fingerprint density at radius 1 is 1.41 bits per heavy atom. The fourth-order valence-corrected chi connectivity index (χ4v) is 2.08. The van der Waals surface area contributed by atoms with Crippen molar-refractivity contribution in [1.29, 1.82) is 0 Å². The summed E-state index contributed by atoms with van der Waals surface area (Å²) in [4.78, 5) is 11.8. The second-order valence-corrected chi connectivity index (χ2v) is 4.80. The predicted octanol–water partition coefficient (Wildman–Crippen LogP) is 1.77. The second kappa shape index (κ2) is 8.36. The molecule has 4 nitrogen and oxygen atoms in total. The van der Waals surface area contributed by atoms with Crippen molar-refractivity contribution < 1.29 is 22.7 Å². The molecule has 1 amide bonds. The molecule has 1 aliphatic heterocycles. The molecule has 0 aliphatic carbocycles. The van der Waals surface area contributed by atoms with Crippen molar-refractivity contribution in [3.8, 4) is 0 Å². The van der Waals surface area contributed by atoms with Crippen LogP contribution in [-0.2, 0) is 22.1 Å². The third kappa shape index (κ3) is 5.47. The number of carbonyl (C=O) groups excluding carboxylic acids is 1. The zero-order chi connectivity index (χ0) is 15.3. The van der Waals surface area contributed by atoms with Crippen molar-refractivity contribution in [2.75, 3.05) is 26.2 Å². The van der Waals surface area contributed by atoms with Gasteiger partial charge in [-0.2, -0.15) is 13.2 Å². The van der Waals surface area contributed by atoms with Crippen LogP contribution in [0.3, 0.4) is 0 Å². The van der Waals surface area contributed by atoms with Crippen LogP contribution in [0.15, 0.2) is 24.3 Å². The van der Waals surface area contributed by atoms with Gasteiger partial charge in [-0.15, -0.1) is 12.4 Å². The lowest BCUT2D eigenvalue weighted by molar-refractivity contribution is -0.137. The number of amides is 1. The second-order valence-electron chi connectivity index (χ2n) is 4.80. The van der Waals surface area contributed by atoms with Gasteiger partial charge in [0.15, 0.2) is 0 Å². The zero-order valence-corrected chi connectivity index (χ0v) is 12.6. The quantitative estimate of drug-likeness (QED) is 0.880. The van der Waals surface area contributed by atoms with Gasteiger partial charge in [0.1, 0.15) is 6.10 Å². The molecule has 1 aromatic carbocycles. The van der Waals surface area contributed by atoms with E-state index in [1.54, 1.807) is 6.07 Å². The van der Waals surface area contributed by atoms with Gasteiger partial charge < -0.3 is 15.4 Å². The summed E-state index contributed by atoms with van der Waals surface area (Å²) < 4.78 is 43.0. The summed E-state index contributed by atoms with van der Waals surface area (Å²) in [7, 11) is 0. The lowest BCUT2D eigenvalue weighted by atomic mass is 10.1. The molecule has 8 heteroatoms. The highest BCUT2D eigenvalue weighted by Crippen LogP contribution is 2.29. The molecule has 0 spiro atoms. The van der Waals surface area contributed by atoms with E-state index in [-0.39, 0.29) is 24.9 Å². The average molecular weight is 339 g/mol. The van der Waals surface area contributed by atoms with Gasteiger partial charge in [0.2, 0.25) is 5.91 Å². The first kappa shape index (κ1) is 18.7. The van der Waals surface area contributed by atoms with Crippen LogP contribution in [-0.4, -0.2) is 38.3 Å². The number of nitrogens with one attached hydrogen (secondary N) is 2. The normalized spacial score (nSPS) is 18.4. The summed E-state index contributed by atoms with van der Waals surface area (Å²) in [6, 6.07) is 5.11. The predicted molar refractivity (Wildman–Crippen MR) is 78.0 cm³/mol. The van der Waals surface area contributed by atoms with E-state index in [0.717, 1.165) is 12.1 Å². The topological polar surface area (TPSA) is 50.4 Å². The Bertz CT molecular complexity index is 491. The molecular weight excluding hydrogens is 321 g/mol. The van der Waals surface area contributed by atoms with Gasteiger partial charge in [0.05, 0.1) is 12.2 Å². The van der Waals surface area contributed by atoms with Gasteiger partial charge in [0.25, 0.3) is 0 Å². The highest BCUT2D eigenvalue weighted by Gasteiger charge is 2.30. The van der Waals surface area contributed by atoms with E-state index in [2.05, 4.69) is 10.6 Å². The summed E-state index contributed by atoms with van der Waals surface area (Å²) in [5.74, 6) is -0.242. The molecule has 1 atom stereocenters. The highest BCUT2D eigenvalue weighted by molar-refractivity contribution is 5.85. The summed E-state index contributed by atoms with van der Waals surface area (Å²) in [6.07, 6.45) is -4.53. The number of ether oxygens (including phenoxy) is 1. The van der Waals surface area contributed by atoms with Crippen LogP contribution in [0.25, 0.3) is 0 Å². The van der Waals surface area contributed by atoms with Crippen molar-refractivity contribution in [2.24, 2.45) is 0 Å². The monoisotopic (exact) mass is 338 g/mol. The average Bonchev–Trinajstić information content (AvgIpc) is 2.47. The Morgan fingerprint density at radius 2 is 2.18 bits per heavy atom. The van der Waals surface area contributed by atoms with E-state index in [0.29, 0.717) is 31.7 Å². The molecule has 22 heavy (non-hydrogen) atoms. The first-order chi connectivity index (χ1) is 9.97. The van der Waals surface area contributed by atoms with E-state index in [4.69, 9.17) is 4.74 Å². The standard InChI is InChI=1S/C14H17F3N2O2.ClH/c15-14(16,17)11-3-1-2-10(8-11)4-5-19-13(20)12-9-18-6-7-21-12;/h1-3,8,12,18H,4-7,9H2,(H,19,20);1H. The molecule has 1 fully saturated rings. The minimum absolute atomic E-state index is 0. The van der Waals surface area contributed by atoms with E-state index in [1.165, 1.54) is 6.07 Å². The zero-order valence-electron chi connectivity index (χ0n) is 11.8. The Labute approximate surface area is 132 Å². The molecule has 1 unspecified atom stereocenters. The highest BCUT2D eigenvalue weighted by atomic mass is 35.5. The maximum absolute atomic E-state index is 12.6. The minimum Gasteiger partial charge on any atom is -0.366 e. The van der Waals surface area contributed by atoms with Crippen LogP contribution in [0.2, 0.25) is 0 Å². The number of alkyl halides is 3. The number of halogens is 4. The van der Waals surface area contributed by atoms with Crippen molar-refractivity contribution >= 4 is 18.3 Å². The lowest BCUT2D eigenvalue weighted by Gasteiger charge is -2.22. The van der Waals surface area contributed by atoms with Crippen molar-refractivity contribution in [1.82, 2.24) is 10.6 Å². The molecule has 0 saturated carbocycles. The van der Waals surface area contributed by atoms with E-state index in [1.807, 2.05) is 0 Å². The fourth-order valence-electron chi connectivity index (χ4n) is 2.08. The lowest BCUT2D eigenvalue weighted by Crippen LogP contribution is -2.48. The number of morpholine rings is 1. The van der Waals surface area contributed by atoms with Crippen LogP contribution >= 0.6 is 12.4 Å². The van der Waals surface area contributed by atoms with Crippen LogP contribution in [0, 0.1) is 0 Å². The summed E-state index contributed by atoms with van der Waals surface area (Å²) in [6.45, 7) is 1.93. The number of carbonyl (C=O) groups is 1. The molecule has 1 heterocycles. The maximum atomic E-state index is 12.6. The molecule has 0 aromatic heterocycles. The van der Waals surface area contributed by atoms with E-state index >= 15 is 0 Å². The molecule has 2 rings (SSSR count). The Balaban J connectivity index is 0.00000242. The van der Waals surface area contributed by atoms with Gasteiger partial charge in [0, 0.05) is 19.6 Å². The third-order valence-corrected chi connectivity index (χ3v) is 3.19. The van der Waals surface area contributed by atoms with Crippen LogP contribution in [0.5, 0.6) is 0 Å². The van der Waals surface area contributed by atoms with Gasteiger partial charge in [-0.25, -0.2) is 0 Å². The van der Waals surface area contributed by atoms with Gasteiger partial charge in [-0.1, -0.05) is 18.2 Å². The molecule has 0 bridgehead atoms. The number of rotatable bonds is 4. The van der Waals surface area contributed by atoms with Gasteiger partial charge in [-0.3, -0.25) is 4.79 Å². The molecule has 0 radical (unpaired) electrons. The van der Waals surface area contributed by atoms with Crippen molar-refractivity contribution in [3.05, 3.63) is 35.4 Å². The van der Waals surface area contributed by atoms with E-state index in [9.17, 15) is 18.0 Å². The maximum Gasteiger partial charge on any atom is 0.416 e. The number of hydrogen-bond acceptors (Lipinski definition) is 3. The van der Waals surface area contributed by atoms with Gasteiger partial charge in [-0.05, 0) is 18.1 Å². The first-order valence-electron chi connectivity index (χ1n) is 6.73. The van der Waals surface area contributed by atoms with Crippen LogP contribution < -0.4 is 10.6 Å².